The molecule has 1 heterocycles. The summed E-state index contributed by atoms with van der Waals surface area (Å²) in [5.74, 6) is -1.13. The van der Waals surface area contributed by atoms with Gasteiger partial charge in [0.2, 0.25) is 0 Å². The van der Waals surface area contributed by atoms with Crippen molar-refractivity contribution in [2.75, 3.05) is 6.54 Å². The van der Waals surface area contributed by atoms with E-state index in [0.29, 0.717) is 19.4 Å². The van der Waals surface area contributed by atoms with Crippen LogP contribution in [0, 0.1) is 0 Å². The fourth-order valence-corrected chi connectivity index (χ4v) is 1.02. The van der Waals surface area contributed by atoms with Gasteiger partial charge < -0.3 is 14.9 Å². The summed E-state index contributed by atoms with van der Waals surface area (Å²) in [7, 11) is 0. The number of carboxylic acid groups (broad SMARTS) is 1. The maximum absolute atomic E-state index is 11.3. The van der Waals surface area contributed by atoms with Crippen LogP contribution in [0.25, 0.3) is 0 Å². The summed E-state index contributed by atoms with van der Waals surface area (Å²) in [5, 5.41) is 14.4. The van der Waals surface area contributed by atoms with Crippen molar-refractivity contribution in [2.45, 2.75) is 19.3 Å². The van der Waals surface area contributed by atoms with E-state index in [1.54, 1.807) is 0 Å². The summed E-state index contributed by atoms with van der Waals surface area (Å²) in [6.07, 6.45) is 2.63. The van der Waals surface area contributed by atoms with Gasteiger partial charge in [0.25, 0.3) is 5.91 Å². The number of carboxylic acids is 1. The highest BCUT2D eigenvalue weighted by molar-refractivity contribution is 5.91. The molecule has 0 spiro atoms. The van der Waals surface area contributed by atoms with E-state index in [4.69, 9.17) is 5.11 Å². The number of carbonyl (C=O) groups is 2. The van der Waals surface area contributed by atoms with Crippen molar-refractivity contribution in [1.29, 1.82) is 0 Å². The Morgan fingerprint density at radius 2 is 2.27 bits per heavy atom. The molecule has 1 amide bonds. The number of aromatic nitrogens is 1. The molecule has 1 aromatic rings. The van der Waals surface area contributed by atoms with Crippen LogP contribution < -0.4 is 5.32 Å². The van der Waals surface area contributed by atoms with Gasteiger partial charge in [-0.1, -0.05) is 5.16 Å². The van der Waals surface area contributed by atoms with Crippen molar-refractivity contribution in [3.8, 4) is 0 Å². The van der Waals surface area contributed by atoms with Crippen LogP contribution in [-0.2, 0) is 4.79 Å². The number of amides is 1. The van der Waals surface area contributed by atoms with Crippen LogP contribution in [0.2, 0.25) is 0 Å². The highest BCUT2D eigenvalue weighted by Crippen LogP contribution is 1.96. The van der Waals surface area contributed by atoms with Crippen LogP contribution in [0.4, 0.5) is 0 Å². The third-order valence-corrected chi connectivity index (χ3v) is 1.77. The quantitative estimate of drug-likeness (QED) is 0.675. The van der Waals surface area contributed by atoms with E-state index in [1.165, 1.54) is 12.3 Å². The summed E-state index contributed by atoms with van der Waals surface area (Å²) < 4.78 is 4.51. The van der Waals surface area contributed by atoms with Gasteiger partial charge in [0.15, 0.2) is 5.69 Å². The fourth-order valence-electron chi connectivity index (χ4n) is 1.02. The van der Waals surface area contributed by atoms with Crippen LogP contribution in [0.15, 0.2) is 16.9 Å². The zero-order valence-corrected chi connectivity index (χ0v) is 8.10. The molecule has 1 aromatic heterocycles. The summed E-state index contributed by atoms with van der Waals surface area (Å²) in [6.45, 7) is 0.443. The van der Waals surface area contributed by atoms with Gasteiger partial charge in [-0.15, -0.1) is 0 Å². The highest BCUT2D eigenvalue weighted by Gasteiger charge is 2.07. The van der Waals surface area contributed by atoms with Gasteiger partial charge in [0, 0.05) is 19.0 Å². The molecule has 0 saturated heterocycles. The molecule has 0 aromatic carbocycles. The number of hydrogen-bond acceptors (Lipinski definition) is 4. The van der Waals surface area contributed by atoms with E-state index in [9.17, 15) is 9.59 Å². The van der Waals surface area contributed by atoms with Crippen LogP contribution in [0.5, 0.6) is 0 Å². The predicted octanol–water partition coefficient (Wildman–Crippen LogP) is 0.659. The lowest BCUT2D eigenvalue weighted by Crippen LogP contribution is -2.24. The van der Waals surface area contributed by atoms with E-state index >= 15 is 0 Å². The molecule has 0 atom stereocenters. The molecule has 6 nitrogen and oxygen atoms in total. The molecule has 6 heteroatoms. The average Bonchev–Trinajstić information content (AvgIpc) is 2.69. The minimum atomic E-state index is -0.821. The zero-order chi connectivity index (χ0) is 11.1. The number of unbranched alkanes of at least 4 members (excludes halogenated alkanes) is 1. The van der Waals surface area contributed by atoms with Crippen molar-refractivity contribution >= 4 is 11.9 Å². The molecule has 2 N–H and O–H groups in total. The monoisotopic (exact) mass is 212 g/mol. The number of hydrogen-bond donors (Lipinski definition) is 2. The lowest BCUT2D eigenvalue weighted by Gasteiger charge is -2.00. The van der Waals surface area contributed by atoms with Crippen LogP contribution in [-0.4, -0.2) is 28.7 Å². The standard InChI is InChI=1S/C9H12N2O4/c12-8(13)3-1-2-5-10-9(14)7-4-6-15-11-7/h4,6H,1-3,5H2,(H,10,14)(H,12,13). The predicted molar refractivity (Wildman–Crippen MR) is 50.3 cm³/mol. The van der Waals surface area contributed by atoms with Crippen molar-refractivity contribution in [3.05, 3.63) is 18.0 Å². The Hall–Kier alpha value is -1.85. The molecule has 0 unspecified atom stereocenters. The SMILES string of the molecule is O=C(O)CCCCNC(=O)c1ccon1. The Bertz CT molecular complexity index is 321. The minimum absolute atomic E-state index is 0.125. The Labute approximate surface area is 86.3 Å². The van der Waals surface area contributed by atoms with Gasteiger partial charge in [-0.3, -0.25) is 9.59 Å². The smallest absolute Gasteiger partial charge is 0.303 e. The first-order valence-corrected chi connectivity index (χ1v) is 4.60. The number of carbonyl (C=O) groups excluding carboxylic acids is 1. The second kappa shape index (κ2) is 5.79. The van der Waals surface area contributed by atoms with Crippen LogP contribution in [0.3, 0.4) is 0 Å². The largest absolute Gasteiger partial charge is 0.481 e. The molecule has 0 bridgehead atoms. The number of aliphatic carboxylic acids is 1. The summed E-state index contributed by atoms with van der Waals surface area (Å²) >= 11 is 0. The van der Waals surface area contributed by atoms with Crippen molar-refractivity contribution in [3.63, 3.8) is 0 Å². The van der Waals surface area contributed by atoms with Gasteiger partial charge in [0.1, 0.15) is 6.26 Å². The van der Waals surface area contributed by atoms with E-state index in [0.717, 1.165) is 0 Å². The summed E-state index contributed by atoms with van der Waals surface area (Å²) in [5.41, 5.74) is 0.230. The Morgan fingerprint density at radius 3 is 2.87 bits per heavy atom. The highest BCUT2D eigenvalue weighted by atomic mass is 16.5. The van der Waals surface area contributed by atoms with Crippen molar-refractivity contribution < 1.29 is 19.2 Å². The fraction of sp³-hybridized carbons (Fsp3) is 0.444. The van der Waals surface area contributed by atoms with E-state index in [-0.39, 0.29) is 18.0 Å². The second-order valence-corrected chi connectivity index (χ2v) is 2.99. The molecule has 15 heavy (non-hydrogen) atoms. The molecule has 82 valence electrons. The first-order valence-electron chi connectivity index (χ1n) is 4.60. The lowest BCUT2D eigenvalue weighted by molar-refractivity contribution is -0.137. The maximum atomic E-state index is 11.3. The Morgan fingerprint density at radius 1 is 1.47 bits per heavy atom. The topological polar surface area (TPSA) is 92.4 Å². The van der Waals surface area contributed by atoms with Gasteiger partial charge >= 0.3 is 5.97 Å². The zero-order valence-electron chi connectivity index (χ0n) is 8.10. The summed E-state index contributed by atoms with van der Waals surface area (Å²) in [6, 6.07) is 1.46. The third kappa shape index (κ3) is 4.26. The summed E-state index contributed by atoms with van der Waals surface area (Å²) in [4.78, 5) is 21.4. The van der Waals surface area contributed by atoms with E-state index < -0.39 is 5.97 Å². The normalized spacial score (nSPS) is 9.87. The van der Waals surface area contributed by atoms with Gasteiger partial charge in [0.05, 0.1) is 0 Å². The van der Waals surface area contributed by atoms with Crippen molar-refractivity contribution in [2.24, 2.45) is 0 Å². The average molecular weight is 212 g/mol. The van der Waals surface area contributed by atoms with Crippen LogP contribution >= 0.6 is 0 Å². The third-order valence-electron chi connectivity index (χ3n) is 1.77. The number of nitrogens with one attached hydrogen (secondary N) is 1. The van der Waals surface area contributed by atoms with Crippen LogP contribution in [0.1, 0.15) is 29.8 Å². The van der Waals surface area contributed by atoms with Gasteiger partial charge in [-0.05, 0) is 12.8 Å². The lowest BCUT2D eigenvalue weighted by atomic mass is 10.2. The van der Waals surface area contributed by atoms with Gasteiger partial charge in [-0.25, -0.2) is 0 Å². The van der Waals surface area contributed by atoms with E-state index in [1.807, 2.05) is 0 Å². The Kier molecular flexibility index (Phi) is 4.33. The number of nitrogens with zero attached hydrogens (tertiary/aromatic N) is 1. The second-order valence-electron chi connectivity index (χ2n) is 2.99. The maximum Gasteiger partial charge on any atom is 0.303 e. The molecule has 1 rings (SSSR count). The molecular weight excluding hydrogens is 200 g/mol. The first kappa shape index (κ1) is 11.2. The minimum Gasteiger partial charge on any atom is -0.481 e. The molecule has 0 aliphatic heterocycles. The molecule has 0 radical (unpaired) electrons. The first-order chi connectivity index (χ1) is 7.20. The van der Waals surface area contributed by atoms with Gasteiger partial charge in [-0.2, -0.15) is 0 Å². The molecule has 0 aliphatic carbocycles. The molecule has 0 saturated carbocycles. The van der Waals surface area contributed by atoms with E-state index in [2.05, 4.69) is 15.0 Å². The Balaban J connectivity index is 2.10. The molecular formula is C9H12N2O4. The number of rotatable bonds is 6. The van der Waals surface area contributed by atoms with Crippen molar-refractivity contribution in [1.82, 2.24) is 10.5 Å². The molecule has 0 fully saturated rings. The molecule has 0 aliphatic rings.